The first-order valence-corrected chi connectivity index (χ1v) is 13.1. The zero-order valence-corrected chi connectivity index (χ0v) is 23.1. The van der Waals surface area contributed by atoms with Crippen molar-refractivity contribution in [2.24, 2.45) is 0 Å². The lowest BCUT2D eigenvalue weighted by molar-refractivity contribution is -0.127. The summed E-state index contributed by atoms with van der Waals surface area (Å²) in [5, 5.41) is 16.6. The van der Waals surface area contributed by atoms with E-state index in [9.17, 15) is 14.9 Å². The van der Waals surface area contributed by atoms with Crippen molar-refractivity contribution in [1.29, 1.82) is 5.26 Å². The van der Waals surface area contributed by atoms with E-state index in [1.807, 2.05) is 40.1 Å². The van der Waals surface area contributed by atoms with Gasteiger partial charge in [0, 0.05) is 26.2 Å². The van der Waals surface area contributed by atoms with Crippen LogP contribution in [0.3, 0.4) is 0 Å². The van der Waals surface area contributed by atoms with Gasteiger partial charge in [0.2, 0.25) is 17.7 Å². The molecule has 2 amide bonds. The minimum absolute atomic E-state index is 0.0749. The van der Waals surface area contributed by atoms with Crippen LogP contribution < -0.4 is 15.0 Å². The number of rotatable bonds is 6. The lowest BCUT2D eigenvalue weighted by Gasteiger charge is -2.37. The molecule has 0 radical (unpaired) electrons. The van der Waals surface area contributed by atoms with E-state index in [0.29, 0.717) is 41.6 Å². The summed E-state index contributed by atoms with van der Waals surface area (Å²) in [6.07, 6.45) is 1.95. The van der Waals surface area contributed by atoms with Crippen molar-refractivity contribution in [2.75, 3.05) is 32.6 Å². The standard InChI is InChI=1S/C27H29ClN8O3/c1-14(2)22-20-21(33-36(22)19-13-31-27(34(3)4)32-25(19)39-5)26(38)35(18-10-17(28)12-30-24(18)37)23(20)16-8-6-15(11-29)7-9-16/h6-9,13-14,17-18,23H,10,12H2,1-5H3,(H,30,37). The van der Waals surface area contributed by atoms with Gasteiger partial charge in [-0.05, 0) is 30.0 Å². The van der Waals surface area contributed by atoms with Crippen molar-refractivity contribution in [2.45, 2.75) is 43.6 Å². The van der Waals surface area contributed by atoms with E-state index in [2.05, 4.69) is 21.4 Å². The van der Waals surface area contributed by atoms with Crippen LogP contribution in [0.25, 0.3) is 5.69 Å². The van der Waals surface area contributed by atoms with Crippen molar-refractivity contribution >= 4 is 29.4 Å². The van der Waals surface area contributed by atoms with Crippen LogP contribution in [-0.4, -0.2) is 75.6 Å². The van der Waals surface area contributed by atoms with E-state index in [-0.39, 0.29) is 28.8 Å². The Morgan fingerprint density at radius 2 is 1.95 bits per heavy atom. The lowest BCUT2D eigenvalue weighted by Crippen LogP contribution is -2.55. The van der Waals surface area contributed by atoms with Crippen molar-refractivity contribution in [3.63, 3.8) is 0 Å². The van der Waals surface area contributed by atoms with Gasteiger partial charge in [-0.1, -0.05) is 26.0 Å². The van der Waals surface area contributed by atoms with Crippen molar-refractivity contribution < 1.29 is 14.3 Å². The summed E-state index contributed by atoms with van der Waals surface area (Å²) in [5.41, 5.74) is 3.47. The third-order valence-corrected chi connectivity index (χ3v) is 7.34. The molecule has 2 aliphatic rings. The van der Waals surface area contributed by atoms with Crippen molar-refractivity contribution in [1.82, 2.24) is 30.0 Å². The molecule has 0 aliphatic carbocycles. The zero-order valence-electron chi connectivity index (χ0n) is 22.3. The molecule has 3 atom stereocenters. The second-order valence-electron chi connectivity index (χ2n) is 10.1. The Labute approximate surface area is 231 Å². The maximum absolute atomic E-state index is 14.1. The van der Waals surface area contributed by atoms with Gasteiger partial charge < -0.3 is 19.9 Å². The van der Waals surface area contributed by atoms with E-state index in [1.165, 1.54) is 7.11 Å². The largest absolute Gasteiger partial charge is 0.479 e. The summed E-state index contributed by atoms with van der Waals surface area (Å²) < 4.78 is 7.27. The van der Waals surface area contributed by atoms with Crippen LogP contribution in [0.15, 0.2) is 30.5 Å². The van der Waals surface area contributed by atoms with Gasteiger partial charge in [-0.25, -0.2) is 9.67 Å². The molecule has 0 bridgehead atoms. The van der Waals surface area contributed by atoms with Crippen LogP contribution in [0, 0.1) is 11.3 Å². The van der Waals surface area contributed by atoms with E-state index in [4.69, 9.17) is 21.4 Å². The van der Waals surface area contributed by atoms with Gasteiger partial charge in [-0.3, -0.25) is 9.59 Å². The smallest absolute Gasteiger partial charge is 0.276 e. The lowest BCUT2D eigenvalue weighted by atomic mass is 9.92. The second-order valence-corrected chi connectivity index (χ2v) is 10.7. The highest BCUT2D eigenvalue weighted by Crippen LogP contribution is 2.45. The van der Waals surface area contributed by atoms with Crippen LogP contribution in [-0.2, 0) is 4.79 Å². The van der Waals surface area contributed by atoms with Gasteiger partial charge in [-0.2, -0.15) is 15.3 Å². The number of amides is 2. The first-order valence-electron chi connectivity index (χ1n) is 12.6. The molecule has 12 heteroatoms. The molecule has 4 heterocycles. The number of methoxy groups -OCH3 is 1. The highest BCUT2D eigenvalue weighted by molar-refractivity contribution is 6.21. The molecule has 3 unspecified atom stereocenters. The third-order valence-electron chi connectivity index (χ3n) is 7.01. The van der Waals surface area contributed by atoms with E-state index in [1.54, 1.807) is 32.8 Å². The summed E-state index contributed by atoms with van der Waals surface area (Å²) in [7, 11) is 5.19. The van der Waals surface area contributed by atoms with Crippen LogP contribution >= 0.6 is 11.6 Å². The van der Waals surface area contributed by atoms with Gasteiger partial charge in [0.25, 0.3) is 5.91 Å². The number of aromatic nitrogens is 4. The van der Waals surface area contributed by atoms with Gasteiger partial charge >= 0.3 is 0 Å². The number of anilines is 1. The number of benzene rings is 1. The molecule has 0 spiro atoms. The average Bonchev–Trinajstić information content (AvgIpc) is 3.44. The highest BCUT2D eigenvalue weighted by Gasteiger charge is 2.49. The van der Waals surface area contributed by atoms with E-state index in [0.717, 1.165) is 11.3 Å². The second kappa shape index (κ2) is 10.2. The fourth-order valence-electron chi connectivity index (χ4n) is 5.24. The highest BCUT2D eigenvalue weighted by atomic mass is 35.5. The number of alkyl halides is 1. The predicted molar refractivity (Wildman–Crippen MR) is 144 cm³/mol. The topological polar surface area (TPSA) is 129 Å². The molecule has 11 nitrogen and oxygen atoms in total. The Morgan fingerprint density at radius 3 is 2.56 bits per heavy atom. The van der Waals surface area contributed by atoms with Crippen LogP contribution in [0.5, 0.6) is 5.88 Å². The number of nitriles is 1. The SMILES string of the molecule is COc1nc(N(C)C)ncc1-n1nc2c(c1C(C)C)C(c1ccc(C#N)cc1)N(C1CC(Cl)CNC1=O)C2=O. The molecule has 2 aliphatic heterocycles. The summed E-state index contributed by atoms with van der Waals surface area (Å²) in [5.74, 6) is 0.0906. The zero-order chi connectivity index (χ0) is 28.0. The number of nitrogens with one attached hydrogen (secondary N) is 1. The number of carbonyl (C=O) groups is 2. The number of carbonyl (C=O) groups excluding carboxylic acids is 2. The molecule has 202 valence electrons. The fraction of sp³-hybridized carbons (Fsp3) is 0.407. The molecular formula is C27H29ClN8O3. The van der Waals surface area contributed by atoms with Gasteiger partial charge in [0.15, 0.2) is 5.69 Å². The molecule has 3 aromatic rings. The third kappa shape index (κ3) is 4.44. The number of ether oxygens (including phenoxy) is 1. The van der Waals surface area contributed by atoms with E-state index >= 15 is 0 Å². The number of fused-ring (bicyclic) bond motifs is 1. The van der Waals surface area contributed by atoms with Crippen LogP contribution in [0.2, 0.25) is 0 Å². The Kier molecular flexibility index (Phi) is 6.91. The van der Waals surface area contributed by atoms with Gasteiger partial charge in [-0.15, -0.1) is 11.6 Å². The first kappa shape index (κ1) is 26.4. The Balaban J connectivity index is 1.73. The molecule has 1 N–H and O–H groups in total. The Bertz CT molecular complexity index is 1480. The monoisotopic (exact) mass is 548 g/mol. The normalized spacial score (nSPS) is 20.6. The first-order chi connectivity index (χ1) is 18.7. The Morgan fingerprint density at radius 1 is 1.23 bits per heavy atom. The summed E-state index contributed by atoms with van der Waals surface area (Å²) >= 11 is 6.44. The molecule has 1 fully saturated rings. The quantitative estimate of drug-likeness (QED) is 0.465. The minimum Gasteiger partial charge on any atom is -0.479 e. The Hall–Kier alpha value is -4.17. The fourth-order valence-corrected chi connectivity index (χ4v) is 5.49. The molecule has 1 aromatic carbocycles. The maximum atomic E-state index is 14.1. The van der Waals surface area contributed by atoms with E-state index < -0.39 is 12.1 Å². The van der Waals surface area contributed by atoms with Crippen LogP contribution in [0.4, 0.5) is 5.95 Å². The molecule has 0 saturated carbocycles. The minimum atomic E-state index is -0.769. The maximum Gasteiger partial charge on any atom is 0.276 e. The summed E-state index contributed by atoms with van der Waals surface area (Å²) in [6, 6.07) is 7.79. The number of halogens is 1. The van der Waals surface area contributed by atoms with Gasteiger partial charge in [0.05, 0.1) is 42.1 Å². The average molecular weight is 549 g/mol. The molecule has 1 saturated heterocycles. The number of hydrogen-bond acceptors (Lipinski definition) is 8. The number of piperidine rings is 1. The molecule has 39 heavy (non-hydrogen) atoms. The van der Waals surface area contributed by atoms with Crippen molar-refractivity contribution in [3.05, 3.63) is 58.5 Å². The summed E-state index contributed by atoms with van der Waals surface area (Å²) in [4.78, 5) is 39.4. The van der Waals surface area contributed by atoms with Gasteiger partial charge in [0.1, 0.15) is 11.7 Å². The van der Waals surface area contributed by atoms with Crippen LogP contribution in [0.1, 0.15) is 65.1 Å². The molecule has 2 aromatic heterocycles. The predicted octanol–water partition coefficient (Wildman–Crippen LogP) is 2.77. The molecule has 5 rings (SSSR count). The van der Waals surface area contributed by atoms with Crippen molar-refractivity contribution in [3.8, 4) is 17.6 Å². The number of nitrogens with zero attached hydrogens (tertiary/aromatic N) is 7. The number of hydrogen-bond donors (Lipinski definition) is 1. The molecular weight excluding hydrogens is 520 g/mol. The summed E-state index contributed by atoms with van der Waals surface area (Å²) in [6.45, 7) is 4.37.